The van der Waals surface area contributed by atoms with Crippen LogP contribution in [0.3, 0.4) is 0 Å². The number of H-pyrrole nitrogens is 1. The van der Waals surface area contributed by atoms with Crippen LogP contribution in [0.2, 0.25) is 0 Å². The van der Waals surface area contributed by atoms with Gasteiger partial charge in [0.05, 0.1) is 18.5 Å². The van der Waals surface area contributed by atoms with Gasteiger partial charge in [-0.05, 0) is 18.2 Å². The fourth-order valence-electron chi connectivity index (χ4n) is 3.18. The number of aromatic nitrogens is 4. The van der Waals surface area contributed by atoms with E-state index in [4.69, 9.17) is 4.74 Å². The number of ether oxygens (including phenoxy) is 1. The van der Waals surface area contributed by atoms with Crippen LogP contribution in [0, 0.1) is 0 Å². The molecule has 29 heavy (non-hydrogen) atoms. The van der Waals surface area contributed by atoms with Crippen molar-refractivity contribution in [3.63, 3.8) is 0 Å². The van der Waals surface area contributed by atoms with Crippen LogP contribution in [-0.4, -0.2) is 45.1 Å². The summed E-state index contributed by atoms with van der Waals surface area (Å²) in [5.41, 5.74) is 4.13. The summed E-state index contributed by atoms with van der Waals surface area (Å²) in [5, 5.41) is 13.4. The molecular weight excluding hydrogens is 370 g/mol. The van der Waals surface area contributed by atoms with Crippen molar-refractivity contribution in [1.29, 1.82) is 0 Å². The number of aliphatic hydroxyl groups is 1. The number of hydrogen-bond acceptors (Lipinski definition) is 6. The van der Waals surface area contributed by atoms with Crippen LogP contribution in [-0.2, 0) is 4.79 Å². The molecule has 0 fully saturated rings. The summed E-state index contributed by atoms with van der Waals surface area (Å²) in [5.74, 6) is 0.226. The van der Waals surface area contributed by atoms with Gasteiger partial charge >= 0.3 is 0 Å². The van der Waals surface area contributed by atoms with Crippen molar-refractivity contribution in [3.05, 3.63) is 60.8 Å². The molecule has 0 spiro atoms. The van der Waals surface area contributed by atoms with E-state index >= 15 is 0 Å². The average Bonchev–Trinajstić information content (AvgIpc) is 3.21. The van der Waals surface area contributed by atoms with Crippen LogP contribution in [0.15, 0.2) is 55.1 Å². The maximum atomic E-state index is 11.7. The maximum absolute atomic E-state index is 11.7. The van der Waals surface area contributed by atoms with E-state index in [9.17, 15) is 9.90 Å². The highest BCUT2D eigenvalue weighted by molar-refractivity contribution is 5.97. The number of aromatic amines is 1. The number of nitrogens with zero attached hydrogens (tertiary/aromatic N) is 3. The van der Waals surface area contributed by atoms with Crippen LogP contribution in [0.1, 0.15) is 11.8 Å². The molecule has 1 atom stereocenters. The standard InChI is InChI=1S/C21H19N5O3/c1-22-21(28)19(27)17-8-16(25-11-26-17)12-7-14-15(10-24-20(14)23-9-12)13-5-3-4-6-18(13)29-2/h3-11,19,27H,1-2H3,(H,22,28)(H,23,24). The molecule has 3 aromatic heterocycles. The largest absolute Gasteiger partial charge is 0.496 e. The van der Waals surface area contributed by atoms with Gasteiger partial charge in [0.2, 0.25) is 0 Å². The van der Waals surface area contributed by atoms with E-state index in [-0.39, 0.29) is 5.69 Å². The number of carbonyl (C=O) groups is 1. The monoisotopic (exact) mass is 389 g/mol. The summed E-state index contributed by atoms with van der Waals surface area (Å²) in [7, 11) is 3.09. The average molecular weight is 389 g/mol. The second-order valence-electron chi connectivity index (χ2n) is 6.37. The summed E-state index contributed by atoms with van der Waals surface area (Å²) in [6, 6.07) is 11.3. The van der Waals surface area contributed by atoms with Gasteiger partial charge in [-0.3, -0.25) is 4.79 Å². The number of likely N-dealkylation sites (N-methyl/N-ethyl adjacent to an activating group) is 1. The van der Waals surface area contributed by atoms with Gasteiger partial charge in [0.15, 0.2) is 6.10 Å². The predicted octanol–water partition coefficient (Wildman–Crippen LogP) is 2.47. The third-order valence-corrected chi connectivity index (χ3v) is 4.69. The summed E-state index contributed by atoms with van der Waals surface area (Å²) in [4.78, 5) is 27.7. The maximum Gasteiger partial charge on any atom is 0.254 e. The van der Waals surface area contributed by atoms with Crippen LogP contribution in [0.25, 0.3) is 33.4 Å². The molecule has 0 aliphatic carbocycles. The Balaban J connectivity index is 1.80. The zero-order valence-electron chi connectivity index (χ0n) is 15.9. The van der Waals surface area contributed by atoms with Gasteiger partial charge in [-0.25, -0.2) is 15.0 Å². The number of fused-ring (bicyclic) bond motifs is 1. The Bertz CT molecular complexity index is 1190. The van der Waals surface area contributed by atoms with E-state index in [1.807, 2.05) is 36.5 Å². The van der Waals surface area contributed by atoms with Gasteiger partial charge in [0, 0.05) is 41.5 Å². The van der Waals surface area contributed by atoms with Gasteiger partial charge < -0.3 is 20.1 Å². The second kappa shape index (κ2) is 7.69. The van der Waals surface area contributed by atoms with E-state index in [0.29, 0.717) is 5.69 Å². The van der Waals surface area contributed by atoms with Crippen LogP contribution in [0.5, 0.6) is 5.75 Å². The van der Waals surface area contributed by atoms with Gasteiger partial charge in [-0.15, -0.1) is 0 Å². The number of para-hydroxylation sites is 1. The molecule has 8 heteroatoms. The summed E-state index contributed by atoms with van der Waals surface area (Å²) in [6.07, 6.45) is 3.53. The molecule has 1 unspecified atom stereocenters. The summed E-state index contributed by atoms with van der Waals surface area (Å²) < 4.78 is 5.49. The van der Waals surface area contributed by atoms with Crippen molar-refractivity contribution < 1.29 is 14.6 Å². The molecule has 0 aliphatic heterocycles. The molecule has 3 heterocycles. The Hall–Kier alpha value is -3.78. The smallest absolute Gasteiger partial charge is 0.254 e. The fourth-order valence-corrected chi connectivity index (χ4v) is 3.18. The first-order chi connectivity index (χ1) is 14.1. The molecule has 0 radical (unpaired) electrons. The van der Waals surface area contributed by atoms with E-state index in [1.165, 1.54) is 13.4 Å². The molecule has 0 bridgehead atoms. The number of nitrogens with one attached hydrogen (secondary N) is 2. The van der Waals surface area contributed by atoms with Crippen molar-refractivity contribution in [1.82, 2.24) is 25.3 Å². The quantitative estimate of drug-likeness (QED) is 0.483. The SMILES string of the molecule is CNC(=O)C(O)c1cc(-c2cnc3[nH]cc(-c4ccccc4OC)c3c2)ncn1. The Labute approximate surface area is 166 Å². The first-order valence-corrected chi connectivity index (χ1v) is 8.95. The molecule has 1 aromatic carbocycles. The minimum atomic E-state index is -1.37. The first-order valence-electron chi connectivity index (χ1n) is 8.95. The lowest BCUT2D eigenvalue weighted by Crippen LogP contribution is -2.26. The molecule has 0 saturated carbocycles. The van der Waals surface area contributed by atoms with Crippen LogP contribution < -0.4 is 10.1 Å². The number of aliphatic hydroxyl groups excluding tert-OH is 1. The summed E-state index contributed by atoms with van der Waals surface area (Å²) >= 11 is 0. The number of benzene rings is 1. The van der Waals surface area contributed by atoms with Gasteiger partial charge in [-0.2, -0.15) is 0 Å². The topological polar surface area (TPSA) is 113 Å². The van der Waals surface area contributed by atoms with Gasteiger partial charge in [0.1, 0.15) is 17.7 Å². The number of pyridine rings is 1. The van der Waals surface area contributed by atoms with Crippen molar-refractivity contribution in [2.24, 2.45) is 0 Å². The van der Waals surface area contributed by atoms with Crippen molar-refractivity contribution in [3.8, 4) is 28.1 Å². The highest BCUT2D eigenvalue weighted by Gasteiger charge is 2.19. The minimum absolute atomic E-state index is 0.216. The predicted molar refractivity (Wildman–Crippen MR) is 108 cm³/mol. The molecule has 4 rings (SSSR count). The number of hydrogen-bond donors (Lipinski definition) is 3. The van der Waals surface area contributed by atoms with E-state index < -0.39 is 12.0 Å². The van der Waals surface area contributed by atoms with Gasteiger partial charge in [0.25, 0.3) is 5.91 Å². The minimum Gasteiger partial charge on any atom is -0.496 e. The first kappa shape index (κ1) is 18.6. The zero-order valence-corrected chi connectivity index (χ0v) is 15.9. The van der Waals surface area contributed by atoms with Crippen molar-refractivity contribution in [2.75, 3.05) is 14.2 Å². The number of methoxy groups -OCH3 is 1. The molecular formula is C21H19N5O3. The zero-order chi connectivity index (χ0) is 20.4. The molecule has 146 valence electrons. The Kier molecular flexibility index (Phi) is 4.92. The van der Waals surface area contributed by atoms with Crippen LogP contribution >= 0.6 is 0 Å². The molecule has 0 saturated heterocycles. The highest BCUT2D eigenvalue weighted by Crippen LogP contribution is 2.35. The Morgan fingerprint density at radius 3 is 2.79 bits per heavy atom. The number of carbonyl (C=O) groups excluding carboxylic acids is 1. The normalized spacial score (nSPS) is 12.0. The molecule has 8 nitrogen and oxygen atoms in total. The molecule has 4 aromatic rings. The summed E-state index contributed by atoms with van der Waals surface area (Å²) in [6.45, 7) is 0. The van der Waals surface area contributed by atoms with E-state index in [1.54, 1.807) is 19.4 Å². The lowest BCUT2D eigenvalue weighted by molar-refractivity contribution is -0.129. The number of rotatable bonds is 5. The lowest BCUT2D eigenvalue weighted by atomic mass is 10.0. The molecule has 1 amide bonds. The Morgan fingerprint density at radius 2 is 2.00 bits per heavy atom. The van der Waals surface area contributed by atoms with Gasteiger partial charge in [-0.1, -0.05) is 18.2 Å². The molecule has 3 N–H and O–H groups in total. The van der Waals surface area contributed by atoms with E-state index in [0.717, 1.165) is 33.5 Å². The Morgan fingerprint density at radius 1 is 1.17 bits per heavy atom. The second-order valence-corrected chi connectivity index (χ2v) is 6.37. The third kappa shape index (κ3) is 3.41. The fraction of sp³-hybridized carbons (Fsp3) is 0.143. The van der Waals surface area contributed by atoms with E-state index in [2.05, 4.69) is 25.3 Å². The third-order valence-electron chi connectivity index (χ3n) is 4.69. The van der Waals surface area contributed by atoms with Crippen molar-refractivity contribution >= 4 is 16.9 Å². The molecule has 0 aliphatic rings. The lowest BCUT2D eigenvalue weighted by Gasteiger charge is -2.10. The highest BCUT2D eigenvalue weighted by atomic mass is 16.5. The van der Waals surface area contributed by atoms with Crippen LogP contribution in [0.4, 0.5) is 0 Å². The van der Waals surface area contributed by atoms with Crippen molar-refractivity contribution in [2.45, 2.75) is 6.10 Å². The number of amides is 1.